The standard InChI is InChI=1S/C20H20FN3O2S/c1-27-13-15-4-8-17(9-5-15)22-20(26)18-10-11-19(25)24(23-18)12-14-2-6-16(21)7-3-14/h2-9H,10-13H2,1H3,(H,22,26). The SMILES string of the molecule is CSCc1ccc(NC(=O)C2=NN(Cc3ccc(F)cc3)C(=O)CC2)cc1. The van der Waals surface area contributed by atoms with E-state index in [0.717, 1.165) is 11.3 Å². The zero-order chi connectivity index (χ0) is 19.2. The predicted molar refractivity (Wildman–Crippen MR) is 106 cm³/mol. The first kappa shape index (κ1) is 19.1. The third-order valence-electron chi connectivity index (χ3n) is 4.14. The van der Waals surface area contributed by atoms with Gasteiger partial charge in [-0.05, 0) is 41.6 Å². The van der Waals surface area contributed by atoms with Crippen LogP contribution in [0, 0.1) is 5.82 Å². The third-order valence-corrected chi connectivity index (χ3v) is 4.76. The van der Waals surface area contributed by atoms with Crippen molar-refractivity contribution < 1.29 is 14.0 Å². The number of hydrogen-bond acceptors (Lipinski definition) is 4. The van der Waals surface area contributed by atoms with E-state index >= 15 is 0 Å². The van der Waals surface area contributed by atoms with Gasteiger partial charge in [0.15, 0.2) is 0 Å². The number of hydrogen-bond donors (Lipinski definition) is 1. The summed E-state index contributed by atoms with van der Waals surface area (Å²) in [7, 11) is 0. The van der Waals surface area contributed by atoms with E-state index in [2.05, 4.69) is 10.4 Å². The largest absolute Gasteiger partial charge is 0.321 e. The second kappa shape index (κ2) is 8.81. The molecule has 2 aromatic carbocycles. The van der Waals surface area contributed by atoms with Crippen molar-refractivity contribution in [3.63, 3.8) is 0 Å². The summed E-state index contributed by atoms with van der Waals surface area (Å²) >= 11 is 1.73. The topological polar surface area (TPSA) is 61.8 Å². The summed E-state index contributed by atoms with van der Waals surface area (Å²) in [6.07, 6.45) is 2.56. The van der Waals surface area contributed by atoms with Gasteiger partial charge in [0.2, 0.25) is 5.91 Å². The lowest BCUT2D eigenvalue weighted by atomic mass is 10.1. The Labute approximate surface area is 161 Å². The third kappa shape index (κ3) is 5.17. The van der Waals surface area contributed by atoms with E-state index in [0.29, 0.717) is 17.8 Å². The highest BCUT2D eigenvalue weighted by Gasteiger charge is 2.24. The molecule has 1 aliphatic rings. The molecule has 3 rings (SSSR count). The van der Waals surface area contributed by atoms with Crippen LogP contribution in [0.1, 0.15) is 24.0 Å². The van der Waals surface area contributed by atoms with Gasteiger partial charge in [-0.25, -0.2) is 9.40 Å². The van der Waals surface area contributed by atoms with E-state index < -0.39 is 0 Å². The van der Waals surface area contributed by atoms with Gasteiger partial charge in [0.25, 0.3) is 5.91 Å². The summed E-state index contributed by atoms with van der Waals surface area (Å²) in [5.74, 6) is 0.110. The van der Waals surface area contributed by atoms with Gasteiger partial charge in [0, 0.05) is 24.3 Å². The Hall–Kier alpha value is -2.67. The zero-order valence-corrected chi connectivity index (χ0v) is 15.8. The van der Waals surface area contributed by atoms with E-state index in [1.807, 2.05) is 30.5 Å². The van der Waals surface area contributed by atoms with E-state index in [4.69, 9.17) is 0 Å². The lowest BCUT2D eigenvalue weighted by Gasteiger charge is -2.23. The first-order valence-electron chi connectivity index (χ1n) is 8.56. The molecule has 0 atom stereocenters. The van der Waals surface area contributed by atoms with E-state index in [9.17, 15) is 14.0 Å². The highest BCUT2D eigenvalue weighted by atomic mass is 32.2. The van der Waals surface area contributed by atoms with Crippen LogP contribution in [0.15, 0.2) is 53.6 Å². The van der Waals surface area contributed by atoms with Crippen molar-refractivity contribution in [1.29, 1.82) is 0 Å². The first-order valence-corrected chi connectivity index (χ1v) is 9.96. The number of nitrogens with one attached hydrogen (secondary N) is 1. The number of amides is 2. The van der Waals surface area contributed by atoms with Crippen LogP contribution in [0.25, 0.3) is 0 Å². The lowest BCUT2D eigenvalue weighted by molar-refractivity contribution is -0.132. The fraction of sp³-hybridized carbons (Fsp3) is 0.250. The van der Waals surface area contributed by atoms with Crippen LogP contribution in [0.3, 0.4) is 0 Å². The fourth-order valence-electron chi connectivity index (χ4n) is 2.71. The van der Waals surface area contributed by atoms with Gasteiger partial charge >= 0.3 is 0 Å². The molecule has 140 valence electrons. The van der Waals surface area contributed by atoms with Gasteiger partial charge in [-0.15, -0.1) is 0 Å². The second-order valence-electron chi connectivity index (χ2n) is 6.21. The van der Waals surface area contributed by atoms with Crippen LogP contribution in [-0.2, 0) is 21.9 Å². The maximum Gasteiger partial charge on any atom is 0.271 e. The first-order chi connectivity index (χ1) is 13.0. The van der Waals surface area contributed by atoms with Gasteiger partial charge in [-0.3, -0.25) is 9.59 Å². The Balaban J connectivity index is 1.67. The Morgan fingerprint density at radius 2 is 1.78 bits per heavy atom. The van der Waals surface area contributed by atoms with Gasteiger partial charge in [0.05, 0.1) is 6.54 Å². The molecule has 0 aliphatic carbocycles. The molecule has 0 fully saturated rings. The van der Waals surface area contributed by atoms with Crippen LogP contribution in [0.5, 0.6) is 0 Å². The molecule has 1 N–H and O–H groups in total. The van der Waals surface area contributed by atoms with Crippen LogP contribution in [0.4, 0.5) is 10.1 Å². The summed E-state index contributed by atoms with van der Waals surface area (Å²) < 4.78 is 13.0. The normalized spacial score (nSPS) is 14.1. The van der Waals surface area contributed by atoms with E-state index in [-0.39, 0.29) is 30.6 Å². The number of carbonyl (C=O) groups is 2. The molecule has 27 heavy (non-hydrogen) atoms. The number of benzene rings is 2. The maximum atomic E-state index is 13.0. The molecule has 0 aromatic heterocycles. The average molecular weight is 385 g/mol. The van der Waals surface area contributed by atoms with Crippen LogP contribution in [0.2, 0.25) is 0 Å². The van der Waals surface area contributed by atoms with Crippen molar-refractivity contribution in [2.24, 2.45) is 5.10 Å². The highest BCUT2D eigenvalue weighted by Crippen LogP contribution is 2.17. The fourth-order valence-corrected chi connectivity index (χ4v) is 3.23. The molecular formula is C20H20FN3O2S. The van der Waals surface area contributed by atoms with Gasteiger partial charge in [-0.1, -0.05) is 24.3 Å². The molecule has 0 radical (unpaired) electrons. The monoisotopic (exact) mass is 385 g/mol. The number of nitrogens with zero attached hydrogens (tertiary/aromatic N) is 2. The number of anilines is 1. The molecule has 0 saturated heterocycles. The molecule has 5 nitrogen and oxygen atoms in total. The molecular weight excluding hydrogens is 365 g/mol. The van der Waals surface area contributed by atoms with Crippen molar-refractivity contribution in [2.45, 2.75) is 25.1 Å². The van der Waals surface area contributed by atoms with Crippen molar-refractivity contribution in [3.05, 3.63) is 65.5 Å². The molecule has 1 heterocycles. The summed E-state index contributed by atoms with van der Waals surface area (Å²) in [5, 5.41) is 8.31. The molecule has 2 amide bonds. The van der Waals surface area contributed by atoms with Crippen molar-refractivity contribution >= 4 is 35.0 Å². The maximum absolute atomic E-state index is 13.0. The molecule has 7 heteroatoms. The van der Waals surface area contributed by atoms with Gasteiger partial charge in [-0.2, -0.15) is 16.9 Å². The molecule has 0 unspecified atom stereocenters. The quantitative estimate of drug-likeness (QED) is 0.823. The van der Waals surface area contributed by atoms with Gasteiger partial charge in [0.1, 0.15) is 11.5 Å². The minimum absolute atomic E-state index is 0.155. The Morgan fingerprint density at radius 3 is 2.44 bits per heavy atom. The predicted octanol–water partition coefficient (Wildman–Crippen LogP) is 3.81. The highest BCUT2D eigenvalue weighted by molar-refractivity contribution is 7.97. The van der Waals surface area contributed by atoms with Gasteiger partial charge < -0.3 is 5.32 Å². The van der Waals surface area contributed by atoms with Crippen LogP contribution >= 0.6 is 11.8 Å². The number of rotatable bonds is 6. The Kier molecular flexibility index (Phi) is 6.24. The van der Waals surface area contributed by atoms with Crippen molar-refractivity contribution in [3.8, 4) is 0 Å². The average Bonchev–Trinajstić information content (AvgIpc) is 2.67. The minimum atomic E-state index is -0.337. The number of thioether (sulfide) groups is 1. The molecule has 0 spiro atoms. The molecule has 1 aliphatic heterocycles. The number of hydrazone groups is 1. The second-order valence-corrected chi connectivity index (χ2v) is 7.07. The van der Waals surface area contributed by atoms with E-state index in [1.165, 1.54) is 22.7 Å². The Bertz CT molecular complexity index is 851. The summed E-state index contributed by atoms with van der Waals surface area (Å²) in [4.78, 5) is 24.6. The van der Waals surface area contributed by atoms with E-state index in [1.54, 1.807) is 23.9 Å². The Morgan fingerprint density at radius 1 is 1.11 bits per heavy atom. The summed E-state index contributed by atoms with van der Waals surface area (Å²) in [5.41, 5.74) is 2.94. The number of halogens is 1. The molecule has 2 aromatic rings. The smallest absolute Gasteiger partial charge is 0.271 e. The molecule has 0 bridgehead atoms. The van der Waals surface area contributed by atoms with Crippen molar-refractivity contribution in [1.82, 2.24) is 5.01 Å². The van der Waals surface area contributed by atoms with Crippen molar-refractivity contribution in [2.75, 3.05) is 11.6 Å². The number of carbonyl (C=O) groups excluding carboxylic acids is 2. The van der Waals surface area contributed by atoms with Crippen LogP contribution < -0.4 is 5.32 Å². The minimum Gasteiger partial charge on any atom is -0.321 e. The lowest BCUT2D eigenvalue weighted by Crippen LogP contribution is -2.36. The van der Waals surface area contributed by atoms with Crippen LogP contribution in [-0.4, -0.2) is 28.8 Å². The summed E-state index contributed by atoms with van der Waals surface area (Å²) in [6.45, 7) is 0.208. The zero-order valence-electron chi connectivity index (χ0n) is 14.9. The summed E-state index contributed by atoms with van der Waals surface area (Å²) in [6, 6.07) is 13.5. The molecule has 0 saturated carbocycles.